The standard InChI is InChI=1S/C10H16N2O/c1-2-3-6-9(11)8-5-4-7-12-10(8)13/h4-5,7,9H,2-3,6,11H2,1H3,(H,12,13). The Morgan fingerprint density at radius 1 is 1.62 bits per heavy atom. The van der Waals surface area contributed by atoms with Crippen LogP contribution >= 0.6 is 0 Å². The third-order valence-corrected chi connectivity index (χ3v) is 2.12. The quantitative estimate of drug-likeness (QED) is 0.738. The molecule has 0 aliphatic rings. The molecule has 0 fully saturated rings. The normalized spacial score (nSPS) is 12.8. The highest BCUT2D eigenvalue weighted by Crippen LogP contribution is 2.11. The fourth-order valence-corrected chi connectivity index (χ4v) is 1.31. The van der Waals surface area contributed by atoms with E-state index in [-0.39, 0.29) is 11.6 Å². The minimum absolute atomic E-state index is 0.0638. The van der Waals surface area contributed by atoms with E-state index in [9.17, 15) is 4.79 Å². The summed E-state index contributed by atoms with van der Waals surface area (Å²) in [5.74, 6) is 0. The number of unbranched alkanes of at least 4 members (excludes halogenated alkanes) is 1. The van der Waals surface area contributed by atoms with Crippen LogP contribution in [0, 0.1) is 0 Å². The number of H-pyrrole nitrogens is 1. The van der Waals surface area contributed by atoms with E-state index in [1.807, 2.05) is 6.07 Å². The molecule has 0 aliphatic heterocycles. The first-order valence-electron chi connectivity index (χ1n) is 4.69. The van der Waals surface area contributed by atoms with E-state index >= 15 is 0 Å². The molecule has 0 spiro atoms. The zero-order valence-corrected chi connectivity index (χ0v) is 7.92. The molecule has 1 aromatic heterocycles. The van der Waals surface area contributed by atoms with Crippen LogP contribution in [0.1, 0.15) is 37.8 Å². The highest BCUT2D eigenvalue weighted by molar-refractivity contribution is 5.13. The van der Waals surface area contributed by atoms with Crippen LogP contribution in [-0.4, -0.2) is 4.98 Å². The zero-order valence-electron chi connectivity index (χ0n) is 7.92. The van der Waals surface area contributed by atoms with Crippen molar-refractivity contribution in [3.8, 4) is 0 Å². The second-order valence-electron chi connectivity index (χ2n) is 3.20. The lowest BCUT2D eigenvalue weighted by Gasteiger charge is -2.09. The molecule has 0 saturated heterocycles. The van der Waals surface area contributed by atoms with E-state index in [1.165, 1.54) is 0 Å². The molecule has 72 valence electrons. The second-order valence-corrected chi connectivity index (χ2v) is 3.20. The number of hydrogen-bond donors (Lipinski definition) is 2. The molecule has 0 aromatic carbocycles. The number of aromatic amines is 1. The van der Waals surface area contributed by atoms with E-state index in [0.717, 1.165) is 19.3 Å². The van der Waals surface area contributed by atoms with Gasteiger partial charge in [-0.2, -0.15) is 0 Å². The third kappa shape index (κ3) is 2.70. The Bertz CT molecular complexity index is 306. The number of rotatable bonds is 4. The van der Waals surface area contributed by atoms with Crippen molar-refractivity contribution >= 4 is 0 Å². The maximum absolute atomic E-state index is 11.3. The predicted molar refractivity (Wildman–Crippen MR) is 53.5 cm³/mol. The summed E-state index contributed by atoms with van der Waals surface area (Å²) in [4.78, 5) is 13.9. The molecule has 0 bridgehead atoms. The lowest BCUT2D eigenvalue weighted by atomic mass is 10.0. The van der Waals surface area contributed by atoms with Crippen molar-refractivity contribution in [2.45, 2.75) is 32.2 Å². The fourth-order valence-electron chi connectivity index (χ4n) is 1.31. The van der Waals surface area contributed by atoms with Gasteiger partial charge in [-0.15, -0.1) is 0 Å². The summed E-state index contributed by atoms with van der Waals surface area (Å²) in [6.45, 7) is 2.11. The first kappa shape index (κ1) is 9.99. The Hall–Kier alpha value is -1.09. The summed E-state index contributed by atoms with van der Waals surface area (Å²) in [5, 5.41) is 0. The van der Waals surface area contributed by atoms with Gasteiger partial charge in [0.1, 0.15) is 0 Å². The van der Waals surface area contributed by atoms with Crippen LogP contribution in [0.25, 0.3) is 0 Å². The van der Waals surface area contributed by atoms with Crippen molar-refractivity contribution in [3.63, 3.8) is 0 Å². The van der Waals surface area contributed by atoms with E-state index < -0.39 is 0 Å². The van der Waals surface area contributed by atoms with Crippen LogP contribution in [0.5, 0.6) is 0 Å². The van der Waals surface area contributed by atoms with Gasteiger partial charge in [-0.1, -0.05) is 25.8 Å². The molecular weight excluding hydrogens is 164 g/mol. The molecule has 0 amide bonds. The SMILES string of the molecule is CCCCC(N)c1ccc[nH]c1=O. The van der Waals surface area contributed by atoms with Crippen molar-refractivity contribution in [2.75, 3.05) is 0 Å². The molecule has 0 aliphatic carbocycles. The molecule has 1 unspecified atom stereocenters. The molecule has 1 atom stereocenters. The largest absolute Gasteiger partial charge is 0.329 e. The molecule has 0 radical (unpaired) electrons. The van der Waals surface area contributed by atoms with Crippen LogP contribution in [0.15, 0.2) is 23.1 Å². The first-order chi connectivity index (χ1) is 6.25. The summed E-state index contributed by atoms with van der Waals surface area (Å²) in [6.07, 6.45) is 4.68. The summed E-state index contributed by atoms with van der Waals surface area (Å²) >= 11 is 0. The Kier molecular flexibility index (Phi) is 3.71. The van der Waals surface area contributed by atoms with E-state index in [1.54, 1.807) is 12.3 Å². The minimum Gasteiger partial charge on any atom is -0.329 e. The lowest BCUT2D eigenvalue weighted by Crippen LogP contribution is -2.21. The monoisotopic (exact) mass is 180 g/mol. The van der Waals surface area contributed by atoms with Crippen molar-refractivity contribution in [1.29, 1.82) is 0 Å². The molecule has 3 nitrogen and oxygen atoms in total. The van der Waals surface area contributed by atoms with E-state index in [4.69, 9.17) is 5.73 Å². The van der Waals surface area contributed by atoms with Crippen molar-refractivity contribution < 1.29 is 0 Å². The highest BCUT2D eigenvalue weighted by Gasteiger charge is 2.07. The van der Waals surface area contributed by atoms with Gasteiger partial charge in [0, 0.05) is 17.8 Å². The average molecular weight is 180 g/mol. The summed E-state index contributed by atoms with van der Waals surface area (Å²) < 4.78 is 0. The zero-order chi connectivity index (χ0) is 9.68. The Morgan fingerprint density at radius 2 is 2.38 bits per heavy atom. The molecule has 13 heavy (non-hydrogen) atoms. The predicted octanol–water partition coefficient (Wildman–Crippen LogP) is 1.56. The molecule has 1 heterocycles. The fraction of sp³-hybridized carbons (Fsp3) is 0.500. The van der Waals surface area contributed by atoms with Crippen LogP contribution in [0.2, 0.25) is 0 Å². The van der Waals surface area contributed by atoms with Crippen molar-refractivity contribution in [2.24, 2.45) is 5.73 Å². The van der Waals surface area contributed by atoms with Gasteiger partial charge in [0.05, 0.1) is 0 Å². The van der Waals surface area contributed by atoms with Gasteiger partial charge < -0.3 is 10.7 Å². The van der Waals surface area contributed by atoms with Gasteiger partial charge in [-0.3, -0.25) is 4.79 Å². The Labute approximate surface area is 78.0 Å². The lowest BCUT2D eigenvalue weighted by molar-refractivity contribution is 0.598. The second kappa shape index (κ2) is 4.82. The maximum Gasteiger partial charge on any atom is 0.252 e. The number of pyridine rings is 1. The molecular formula is C10H16N2O. The molecule has 0 saturated carbocycles. The number of hydrogen-bond acceptors (Lipinski definition) is 2. The first-order valence-corrected chi connectivity index (χ1v) is 4.69. The van der Waals surface area contributed by atoms with Gasteiger partial charge in [0.25, 0.3) is 5.56 Å². The molecule has 1 rings (SSSR count). The summed E-state index contributed by atoms with van der Waals surface area (Å²) in [7, 11) is 0. The van der Waals surface area contributed by atoms with Gasteiger partial charge in [-0.05, 0) is 12.5 Å². The van der Waals surface area contributed by atoms with Gasteiger partial charge >= 0.3 is 0 Å². The van der Waals surface area contributed by atoms with Gasteiger partial charge in [0.2, 0.25) is 0 Å². The van der Waals surface area contributed by atoms with Gasteiger partial charge in [0.15, 0.2) is 0 Å². The third-order valence-electron chi connectivity index (χ3n) is 2.12. The van der Waals surface area contributed by atoms with Crippen molar-refractivity contribution in [1.82, 2.24) is 4.98 Å². The van der Waals surface area contributed by atoms with Crippen molar-refractivity contribution in [3.05, 3.63) is 34.2 Å². The maximum atomic E-state index is 11.3. The minimum atomic E-state index is -0.120. The molecule has 3 N–H and O–H groups in total. The highest BCUT2D eigenvalue weighted by atomic mass is 16.1. The molecule has 3 heteroatoms. The van der Waals surface area contributed by atoms with Crippen LogP contribution in [-0.2, 0) is 0 Å². The topological polar surface area (TPSA) is 58.9 Å². The summed E-state index contributed by atoms with van der Waals surface area (Å²) in [5.41, 5.74) is 6.49. The van der Waals surface area contributed by atoms with E-state index in [0.29, 0.717) is 5.56 Å². The number of aromatic nitrogens is 1. The van der Waals surface area contributed by atoms with Crippen LogP contribution in [0.4, 0.5) is 0 Å². The van der Waals surface area contributed by atoms with Crippen LogP contribution in [0.3, 0.4) is 0 Å². The average Bonchev–Trinajstić information content (AvgIpc) is 2.15. The smallest absolute Gasteiger partial charge is 0.252 e. The molecule has 1 aromatic rings. The van der Waals surface area contributed by atoms with Gasteiger partial charge in [-0.25, -0.2) is 0 Å². The number of nitrogens with one attached hydrogen (secondary N) is 1. The Balaban J connectivity index is 2.71. The summed E-state index contributed by atoms with van der Waals surface area (Å²) in [6, 6.07) is 3.48. The van der Waals surface area contributed by atoms with E-state index in [2.05, 4.69) is 11.9 Å². The number of nitrogens with two attached hydrogens (primary N) is 1. The van der Waals surface area contributed by atoms with Crippen LogP contribution < -0.4 is 11.3 Å². The Morgan fingerprint density at radius 3 is 3.00 bits per heavy atom.